The fourth-order valence-corrected chi connectivity index (χ4v) is 3.30. The third kappa shape index (κ3) is 2.66. The van der Waals surface area contributed by atoms with Crippen LogP contribution < -0.4 is 10.5 Å². The van der Waals surface area contributed by atoms with Crippen molar-refractivity contribution in [1.82, 2.24) is 4.90 Å². The predicted molar refractivity (Wildman–Crippen MR) is 79.3 cm³/mol. The van der Waals surface area contributed by atoms with Crippen molar-refractivity contribution in [2.45, 2.75) is 31.0 Å². The normalized spacial score (nSPS) is 27.6. The summed E-state index contributed by atoms with van der Waals surface area (Å²) < 4.78 is 11.1. The second-order valence-electron chi connectivity index (χ2n) is 5.45. The minimum absolute atomic E-state index is 0.0359. The first-order valence-corrected chi connectivity index (χ1v) is 7.53. The Morgan fingerprint density at radius 1 is 1.45 bits per heavy atom. The van der Waals surface area contributed by atoms with Gasteiger partial charge in [0.05, 0.1) is 30.9 Å². The van der Waals surface area contributed by atoms with Gasteiger partial charge in [-0.1, -0.05) is 17.7 Å². The smallest absolute Gasteiger partial charge is 0.137 e. The number of morpholine rings is 1. The van der Waals surface area contributed by atoms with Crippen LogP contribution in [-0.4, -0.2) is 43.9 Å². The molecule has 1 aromatic rings. The Kier molecular flexibility index (Phi) is 4.17. The maximum atomic E-state index is 6.27. The Labute approximate surface area is 124 Å². The topological polar surface area (TPSA) is 47.7 Å². The van der Waals surface area contributed by atoms with E-state index >= 15 is 0 Å². The molecule has 110 valence electrons. The van der Waals surface area contributed by atoms with Crippen LogP contribution in [0.15, 0.2) is 18.2 Å². The number of methoxy groups -OCH3 is 1. The van der Waals surface area contributed by atoms with Gasteiger partial charge in [0.15, 0.2) is 0 Å². The monoisotopic (exact) mass is 296 g/mol. The van der Waals surface area contributed by atoms with E-state index in [0.717, 1.165) is 18.7 Å². The fraction of sp³-hybridized carbons (Fsp3) is 0.600. The van der Waals surface area contributed by atoms with Crippen molar-refractivity contribution >= 4 is 11.6 Å². The van der Waals surface area contributed by atoms with Crippen molar-refractivity contribution < 1.29 is 9.47 Å². The van der Waals surface area contributed by atoms with E-state index in [-0.39, 0.29) is 12.1 Å². The average Bonchev–Trinajstić information content (AvgIpc) is 3.31. The quantitative estimate of drug-likeness (QED) is 0.925. The minimum atomic E-state index is 0.0359. The molecule has 5 heteroatoms. The van der Waals surface area contributed by atoms with Gasteiger partial charge in [-0.2, -0.15) is 0 Å². The van der Waals surface area contributed by atoms with Gasteiger partial charge in [-0.25, -0.2) is 0 Å². The number of hydrogen-bond donors (Lipinski definition) is 1. The van der Waals surface area contributed by atoms with Gasteiger partial charge < -0.3 is 15.2 Å². The van der Waals surface area contributed by atoms with Crippen molar-refractivity contribution in [3.05, 3.63) is 28.8 Å². The van der Waals surface area contributed by atoms with E-state index in [4.69, 9.17) is 26.8 Å². The Balaban J connectivity index is 1.91. The van der Waals surface area contributed by atoms with E-state index < -0.39 is 0 Å². The lowest BCUT2D eigenvalue weighted by Crippen LogP contribution is -2.49. The van der Waals surface area contributed by atoms with Crippen LogP contribution in [0.1, 0.15) is 24.4 Å². The highest BCUT2D eigenvalue weighted by molar-refractivity contribution is 6.32. The Morgan fingerprint density at radius 2 is 2.25 bits per heavy atom. The van der Waals surface area contributed by atoms with Gasteiger partial charge in [-0.05, 0) is 30.5 Å². The maximum Gasteiger partial charge on any atom is 0.137 e. The second kappa shape index (κ2) is 5.90. The standard InChI is InChI=1S/C15H21ClN2O2/c1-19-13-5-2-10(8-12(13)16)15-14(9-17)20-7-6-18(15)11-3-4-11/h2,5,8,11,14-15H,3-4,6-7,9,17H2,1H3. The van der Waals surface area contributed by atoms with Crippen molar-refractivity contribution in [2.75, 3.05) is 26.8 Å². The molecular formula is C15H21ClN2O2. The predicted octanol–water partition coefficient (Wildman–Crippen LogP) is 2.21. The summed E-state index contributed by atoms with van der Waals surface area (Å²) in [5.74, 6) is 0.703. The molecule has 3 rings (SSSR count). The van der Waals surface area contributed by atoms with Crippen LogP contribution in [0.3, 0.4) is 0 Å². The molecule has 1 aromatic carbocycles. The molecule has 0 bridgehead atoms. The van der Waals surface area contributed by atoms with Crippen molar-refractivity contribution in [2.24, 2.45) is 5.73 Å². The molecule has 0 aromatic heterocycles. The molecule has 1 saturated heterocycles. The summed E-state index contributed by atoms with van der Waals surface area (Å²) in [4.78, 5) is 2.53. The van der Waals surface area contributed by atoms with Crippen LogP contribution in [0.5, 0.6) is 5.75 Å². The number of benzene rings is 1. The van der Waals surface area contributed by atoms with Gasteiger partial charge in [0.2, 0.25) is 0 Å². The van der Waals surface area contributed by atoms with Crippen LogP contribution in [0.2, 0.25) is 5.02 Å². The lowest BCUT2D eigenvalue weighted by molar-refractivity contribution is -0.0712. The summed E-state index contributed by atoms with van der Waals surface area (Å²) in [5, 5.41) is 0.641. The van der Waals surface area contributed by atoms with Gasteiger partial charge >= 0.3 is 0 Å². The molecule has 0 amide bonds. The number of nitrogens with two attached hydrogens (primary N) is 1. The van der Waals surface area contributed by atoms with Crippen LogP contribution in [-0.2, 0) is 4.74 Å². The SMILES string of the molecule is COc1ccc(C2C(CN)OCCN2C2CC2)cc1Cl. The van der Waals surface area contributed by atoms with E-state index in [1.165, 1.54) is 12.8 Å². The molecular weight excluding hydrogens is 276 g/mol. The average molecular weight is 297 g/mol. The highest BCUT2D eigenvalue weighted by Gasteiger charge is 2.40. The molecule has 0 radical (unpaired) electrons. The number of halogens is 1. The first kappa shape index (κ1) is 14.1. The molecule has 1 aliphatic carbocycles. The third-order valence-electron chi connectivity index (χ3n) is 4.16. The summed E-state index contributed by atoms with van der Waals surface area (Å²) in [6, 6.07) is 6.86. The largest absolute Gasteiger partial charge is 0.495 e. The number of ether oxygens (including phenoxy) is 2. The molecule has 1 saturated carbocycles. The molecule has 1 aliphatic heterocycles. The summed E-state index contributed by atoms with van der Waals surface area (Å²) in [5.41, 5.74) is 7.06. The lowest BCUT2D eigenvalue weighted by atomic mass is 9.97. The van der Waals surface area contributed by atoms with E-state index in [1.54, 1.807) is 7.11 Å². The second-order valence-corrected chi connectivity index (χ2v) is 5.86. The van der Waals surface area contributed by atoms with Gasteiger partial charge in [0, 0.05) is 19.1 Å². The Hall–Kier alpha value is -0.810. The third-order valence-corrected chi connectivity index (χ3v) is 4.45. The number of rotatable bonds is 4. The van der Waals surface area contributed by atoms with Gasteiger partial charge in [-0.3, -0.25) is 4.90 Å². The van der Waals surface area contributed by atoms with E-state index in [0.29, 0.717) is 23.4 Å². The first-order valence-electron chi connectivity index (χ1n) is 7.15. The molecule has 0 spiro atoms. The zero-order chi connectivity index (χ0) is 14.1. The van der Waals surface area contributed by atoms with Crippen LogP contribution in [0.4, 0.5) is 0 Å². The van der Waals surface area contributed by atoms with Crippen LogP contribution in [0.25, 0.3) is 0 Å². The molecule has 20 heavy (non-hydrogen) atoms. The fourth-order valence-electron chi connectivity index (χ4n) is 3.04. The van der Waals surface area contributed by atoms with E-state index in [1.807, 2.05) is 12.1 Å². The van der Waals surface area contributed by atoms with Crippen molar-refractivity contribution in [3.8, 4) is 5.75 Å². The number of nitrogens with zero attached hydrogens (tertiary/aromatic N) is 1. The van der Waals surface area contributed by atoms with Crippen molar-refractivity contribution in [1.29, 1.82) is 0 Å². The molecule has 4 nitrogen and oxygen atoms in total. The van der Waals surface area contributed by atoms with Gasteiger partial charge in [-0.15, -0.1) is 0 Å². The lowest BCUT2D eigenvalue weighted by Gasteiger charge is -2.41. The maximum absolute atomic E-state index is 6.27. The molecule has 2 N–H and O–H groups in total. The Morgan fingerprint density at radius 3 is 2.85 bits per heavy atom. The molecule has 2 aliphatic rings. The van der Waals surface area contributed by atoms with Crippen molar-refractivity contribution in [3.63, 3.8) is 0 Å². The molecule has 2 unspecified atom stereocenters. The van der Waals surface area contributed by atoms with Crippen LogP contribution >= 0.6 is 11.6 Å². The molecule has 2 fully saturated rings. The molecule has 1 heterocycles. The summed E-state index contributed by atoms with van der Waals surface area (Å²) in [6.07, 6.45) is 2.59. The van der Waals surface area contributed by atoms with E-state index in [9.17, 15) is 0 Å². The van der Waals surface area contributed by atoms with E-state index in [2.05, 4.69) is 11.0 Å². The van der Waals surface area contributed by atoms with Gasteiger partial charge in [0.1, 0.15) is 5.75 Å². The minimum Gasteiger partial charge on any atom is -0.495 e. The highest BCUT2D eigenvalue weighted by Crippen LogP contribution is 2.40. The zero-order valence-electron chi connectivity index (χ0n) is 11.7. The van der Waals surface area contributed by atoms with Gasteiger partial charge in [0.25, 0.3) is 0 Å². The molecule has 2 atom stereocenters. The van der Waals surface area contributed by atoms with Crippen LogP contribution in [0, 0.1) is 0 Å². The summed E-state index contributed by atoms with van der Waals surface area (Å²) in [7, 11) is 1.63. The Bertz CT molecular complexity index is 479. The first-order chi connectivity index (χ1) is 9.74. The summed E-state index contributed by atoms with van der Waals surface area (Å²) in [6.45, 7) is 2.26. The summed E-state index contributed by atoms with van der Waals surface area (Å²) >= 11 is 6.27. The zero-order valence-corrected chi connectivity index (χ0v) is 12.5. The number of hydrogen-bond acceptors (Lipinski definition) is 4. The highest BCUT2D eigenvalue weighted by atomic mass is 35.5.